The normalized spacial score (nSPS) is 48.3. The summed E-state index contributed by atoms with van der Waals surface area (Å²) >= 11 is 0. The smallest absolute Gasteiger partial charge is 0.0219 e. The van der Waals surface area contributed by atoms with Crippen LogP contribution in [0.25, 0.3) is 0 Å². The lowest BCUT2D eigenvalue weighted by molar-refractivity contribution is 0.130. The van der Waals surface area contributed by atoms with Gasteiger partial charge in [-0.15, -0.1) is 0 Å². The minimum atomic E-state index is 0.625. The fourth-order valence-corrected chi connectivity index (χ4v) is 2.46. The molecule has 0 aromatic heterocycles. The summed E-state index contributed by atoms with van der Waals surface area (Å²) in [4.78, 5) is 0. The van der Waals surface area contributed by atoms with E-state index in [-0.39, 0.29) is 0 Å². The fraction of sp³-hybridized carbons (Fsp3) is 1.00. The summed E-state index contributed by atoms with van der Waals surface area (Å²) in [5.74, 6) is 1.04. The fourth-order valence-electron chi connectivity index (χ4n) is 2.46. The molecule has 1 saturated heterocycles. The standard InChI is InChI=1S/C8H15N/c1-2-8-5-3-4-7(8)6-9-8/h7,9H,2-6H2,1H3/t7-,8-/m1/s1. The third kappa shape index (κ3) is 0.586. The van der Waals surface area contributed by atoms with Gasteiger partial charge in [-0.1, -0.05) is 13.3 Å². The molecule has 0 radical (unpaired) electrons. The second-order valence-corrected chi connectivity index (χ2v) is 3.48. The quantitative estimate of drug-likeness (QED) is 0.560. The van der Waals surface area contributed by atoms with Gasteiger partial charge in [0.2, 0.25) is 0 Å². The SMILES string of the molecule is CC[C@@]12CCC[C@@H]1CN2. The van der Waals surface area contributed by atoms with Crippen LogP contribution in [0, 0.1) is 5.92 Å². The van der Waals surface area contributed by atoms with E-state index in [1.165, 1.54) is 32.2 Å². The van der Waals surface area contributed by atoms with Crippen LogP contribution in [0.1, 0.15) is 32.6 Å². The van der Waals surface area contributed by atoms with Crippen molar-refractivity contribution in [1.29, 1.82) is 0 Å². The molecule has 0 bridgehead atoms. The van der Waals surface area contributed by atoms with Crippen LogP contribution in [0.15, 0.2) is 0 Å². The van der Waals surface area contributed by atoms with Crippen molar-refractivity contribution in [3.05, 3.63) is 0 Å². The van der Waals surface area contributed by atoms with E-state index in [9.17, 15) is 0 Å². The van der Waals surface area contributed by atoms with E-state index in [0.717, 1.165) is 5.92 Å². The lowest BCUT2D eigenvalue weighted by Gasteiger charge is -2.46. The molecule has 1 saturated carbocycles. The van der Waals surface area contributed by atoms with Gasteiger partial charge < -0.3 is 5.32 Å². The number of nitrogens with one attached hydrogen (secondary N) is 1. The Bertz CT molecular complexity index is 118. The van der Waals surface area contributed by atoms with Crippen molar-refractivity contribution in [2.75, 3.05) is 6.54 Å². The zero-order chi connectivity index (χ0) is 6.32. The molecule has 0 unspecified atom stereocenters. The highest BCUT2D eigenvalue weighted by Gasteiger charge is 2.47. The number of hydrogen-bond donors (Lipinski definition) is 1. The molecule has 2 fully saturated rings. The molecule has 0 aromatic rings. The van der Waals surface area contributed by atoms with Crippen LogP contribution in [0.4, 0.5) is 0 Å². The molecule has 1 aliphatic heterocycles. The van der Waals surface area contributed by atoms with Crippen molar-refractivity contribution in [3.63, 3.8) is 0 Å². The summed E-state index contributed by atoms with van der Waals surface area (Å²) in [5.41, 5.74) is 0.625. The van der Waals surface area contributed by atoms with Gasteiger partial charge >= 0.3 is 0 Å². The average molecular weight is 125 g/mol. The number of fused-ring (bicyclic) bond motifs is 1. The first-order valence-electron chi connectivity index (χ1n) is 4.12. The van der Waals surface area contributed by atoms with Gasteiger partial charge in [-0.2, -0.15) is 0 Å². The second-order valence-electron chi connectivity index (χ2n) is 3.48. The maximum atomic E-state index is 3.57. The van der Waals surface area contributed by atoms with Crippen molar-refractivity contribution in [2.45, 2.75) is 38.1 Å². The van der Waals surface area contributed by atoms with Gasteiger partial charge in [0.15, 0.2) is 0 Å². The lowest BCUT2D eigenvalue weighted by Crippen LogP contribution is -2.61. The Balaban J connectivity index is 2.10. The largest absolute Gasteiger partial charge is 0.311 e. The Kier molecular flexibility index (Phi) is 1.10. The number of rotatable bonds is 1. The first-order chi connectivity index (χ1) is 4.37. The molecule has 1 aliphatic carbocycles. The summed E-state index contributed by atoms with van der Waals surface area (Å²) in [7, 11) is 0. The average Bonchev–Trinajstić information content (AvgIpc) is 2.10. The van der Waals surface area contributed by atoms with E-state index in [1.807, 2.05) is 0 Å². The Morgan fingerprint density at radius 1 is 1.67 bits per heavy atom. The molecule has 2 aliphatic rings. The maximum absolute atomic E-state index is 3.57. The van der Waals surface area contributed by atoms with Crippen molar-refractivity contribution >= 4 is 0 Å². The van der Waals surface area contributed by atoms with E-state index in [2.05, 4.69) is 12.2 Å². The first kappa shape index (κ1) is 5.72. The zero-order valence-corrected chi connectivity index (χ0v) is 6.11. The highest BCUT2D eigenvalue weighted by molar-refractivity contribution is 5.06. The molecule has 9 heavy (non-hydrogen) atoms. The Hall–Kier alpha value is -0.0400. The van der Waals surface area contributed by atoms with Crippen LogP contribution in [0.2, 0.25) is 0 Å². The predicted octanol–water partition coefficient (Wildman–Crippen LogP) is 1.54. The van der Waals surface area contributed by atoms with Gasteiger partial charge in [0.05, 0.1) is 0 Å². The summed E-state index contributed by atoms with van der Waals surface area (Å²) in [6, 6.07) is 0. The highest BCUT2D eigenvalue weighted by atomic mass is 15.1. The molecule has 0 amide bonds. The van der Waals surface area contributed by atoms with Gasteiger partial charge in [-0.05, 0) is 25.2 Å². The van der Waals surface area contributed by atoms with E-state index in [1.54, 1.807) is 0 Å². The molecule has 0 aromatic carbocycles. The molecule has 0 spiro atoms. The Morgan fingerprint density at radius 2 is 2.56 bits per heavy atom. The third-order valence-electron chi connectivity index (χ3n) is 3.29. The summed E-state index contributed by atoms with van der Waals surface area (Å²) < 4.78 is 0. The summed E-state index contributed by atoms with van der Waals surface area (Å²) in [5, 5.41) is 3.57. The molecule has 2 atom stereocenters. The summed E-state index contributed by atoms with van der Waals surface area (Å²) in [6.07, 6.45) is 5.73. The van der Waals surface area contributed by atoms with Crippen LogP contribution in [0.3, 0.4) is 0 Å². The van der Waals surface area contributed by atoms with Gasteiger partial charge in [-0.3, -0.25) is 0 Å². The Morgan fingerprint density at radius 3 is 2.89 bits per heavy atom. The molecular weight excluding hydrogens is 110 g/mol. The lowest BCUT2D eigenvalue weighted by atomic mass is 9.77. The Labute approximate surface area is 56.8 Å². The van der Waals surface area contributed by atoms with E-state index < -0.39 is 0 Å². The van der Waals surface area contributed by atoms with Crippen LogP contribution in [-0.4, -0.2) is 12.1 Å². The third-order valence-corrected chi connectivity index (χ3v) is 3.29. The minimum Gasteiger partial charge on any atom is -0.311 e. The van der Waals surface area contributed by atoms with Crippen LogP contribution < -0.4 is 5.32 Å². The molecule has 1 nitrogen and oxygen atoms in total. The molecule has 1 heteroatoms. The molecule has 52 valence electrons. The van der Waals surface area contributed by atoms with Crippen molar-refractivity contribution in [1.82, 2.24) is 5.32 Å². The van der Waals surface area contributed by atoms with E-state index >= 15 is 0 Å². The van der Waals surface area contributed by atoms with E-state index in [0.29, 0.717) is 5.54 Å². The van der Waals surface area contributed by atoms with Gasteiger partial charge in [0.25, 0.3) is 0 Å². The van der Waals surface area contributed by atoms with Gasteiger partial charge in [-0.25, -0.2) is 0 Å². The van der Waals surface area contributed by atoms with Crippen LogP contribution in [0.5, 0.6) is 0 Å². The molecule has 2 rings (SSSR count). The highest BCUT2D eigenvalue weighted by Crippen LogP contribution is 2.43. The summed E-state index contributed by atoms with van der Waals surface area (Å²) in [6.45, 7) is 3.61. The van der Waals surface area contributed by atoms with Gasteiger partial charge in [0, 0.05) is 12.1 Å². The van der Waals surface area contributed by atoms with Crippen molar-refractivity contribution in [3.8, 4) is 0 Å². The van der Waals surface area contributed by atoms with Crippen molar-refractivity contribution in [2.24, 2.45) is 5.92 Å². The maximum Gasteiger partial charge on any atom is 0.0219 e. The van der Waals surface area contributed by atoms with Crippen molar-refractivity contribution < 1.29 is 0 Å². The second kappa shape index (κ2) is 1.72. The molecular formula is C8H15N. The molecule has 1 heterocycles. The van der Waals surface area contributed by atoms with Gasteiger partial charge in [0.1, 0.15) is 0 Å². The van der Waals surface area contributed by atoms with Crippen LogP contribution >= 0.6 is 0 Å². The molecule has 1 N–H and O–H groups in total. The topological polar surface area (TPSA) is 12.0 Å². The van der Waals surface area contributed by atoms with E-state index in [4.69, 9.17) is 0 Å². The first-order valence-corrected chi connectivity index (χ1v) is 4.12. The monoisotopic (exact) mass is 125 g/mol. The van der Waals surface area contributed by atoms with Crippen LogP contribution in [-0.2, 0) is 0 Å². The number of hydrogen-bond acceptors (Lipinski definition) is 1. The zero-order valence-electron chi connectivity index (χ0n) is 6.11. The predicted molar refractivity (Wildman–Crippen MR) is 38.4 cm³/mol. The minimum absolute atomic E-state index is 0.625.